The number of benzene rings is 1. The molecule has 0 saturated carbocycles. The number of unbranched alkanes of at least 4 members (excludes halogenated alkanes) is 2. The van der Waals surface area contributed by atoms with Crippen molar-refractivity contribution in [2.75, 3.05) is 30.3 Å². The SMILES string of the molecule is CCCCN(CCCC)c1cc(C(=O)OCC)ccc1N. The van der Waals surface area contributed by atoms with Crippen molar-refractivity contribution < 1.29 is 9.53 Å². The number of hydrogen-bond acceptors (Lipinski definition) is 4. The third-order valence-corrected chi connectivity index (χ3v) is 3.45. The summed E-state index contributed by atoms with van der Waals surface area (Å²) in [6.45, 7) is 8.48. The van der Waals surface area contributed by atoms with Crippen molar-refractivity contribution >= 4 is 17.3 Å². The minimum absolute atomic E-state index is 0.287. The molecule has 0 saturated heterocycles. The molecular weight excluding hydrogens is 264 g/mol. The third-order valence-electron chi connectivity index (χ3n) is 3.45. The molecule has 1 aromatic rings. The molecule has 0 bridgehead atoms. The molecule has 2 N–H and O–H groups in total. The number of nitrogens with two attached hydrogens (primary N) is 1. The van der Waals surface area contributed by atoms with E-state index in [0.717, 1.165) is 50.1 Å². The van der Waals surface area contributed by atoms with Crippen molar-refractivity contribution in [2.24, 2.45) is 0 Å². The van der Waals surface area contributed by atoms with Crippen LogP contribution in [0.1, 0.15) is 56.8 Å². The quantitative estimate of drug-likeness (QED) is 0.555. The zero-order valence-electron chi connectivity index (χ0n) is 13.5. The van der Waals surface area contributed by atoms with Crippen LogP contribution in [-0.2, 0) is 4.74 Å². The van der Waals surface area contributed by atoms with E-state index in [9.17, 15) is 4.79 Å². The Morgan fingerprint density at radius 1 is 1.14 bits per heavy atom. The van der Waals surface area contributed by atoms with Gasteiger partial charge in [0.05, 0.1) is 23.5 Å². The Labute approximate surface area is 128 Å². The first-order chi connectivity index (χ1) is 10.1. The first kappa shape index (κ1) is 17.3. The average molecular weight is 292 g/mol. The van der Waals surface area contributed by atoms with Crippen LogP contribution in [0, 0.1) is 0 Å². The smallest absolute Gasteiger partial charge is 0.338 e. The summed E-state index contributed by atoms with van der Waals surface area (Å²) in [5.74, 6) is -0.287. The lowest BCUT2D eigenvalue weighted by atomic mass is 10.1. The summed E-state index contributed by atoms with van der Waals surface area (Å²) < 4.78 is 5.07. The maximum Gasteiger partial charge on any atom is 0.338 e. The van der Waals surface area contributed by atoms with Crippen molar-refractivity contribution in [2.45, 2.75) is 46.5 Å². The zero-order chi connectivity index (χ0) is 15.7. The summed E-state index contributed by atoms with van der Waals surface area (Å²) in [6, 6.07) is 5.39. The molecule has 0 aliphatic carbocycles. The largest absolute Gasteiger partial charge is 0.462 e. The van der Waals surface area contributed by atoms with E-state index < -0.39 is 0 Å². The summed E-state index contributed by atoms with van der Waals surface area (Å²) in [5.41, 5.74) is 8.35. The van der Waals surface area contributed by atoms with Gasteiger partial charge in [-0.25, -0.2) is 4.79 Å². The number of carbonyl (C=O) groups excluding carboxylic acids is 1. The van der Waals surface area contributed by atoms with Crippen LogP contribution in [-0.4, -0.2) is 25.7 Å². The number of rotatable bonds is 9. The molecule has 0 fully saturated rings. The van der Waals surface area contributed by atoms with Crippen LogP contribution in [0.15, 0.2) is 18.2 Å². The average Bonchev–Trinajstić information content (AvgIpc) is 2.48. The number of ether oxygens (including phenoxy) is 1. The van der Waals surface area contributed by atoms with Gasteiger partial charge >= 0.3 is 5.97 Å². The van der Waals surface area contributed by atoms with E-state index in [0.29, 0.717) is 12.2 Å². The lowest BCUT2D eigenvalue weighted by molar-refractivity contribution is 0.0526. The van der Waals surface area contributed by atoms with Gasteiger partial charge in [-0.05, 0) is 38.0 Å². The monoisotopic (exact) mass is 292 g/mol. The van der Waals surface area contributed by atoms with Gasteiger partial charge in [-0.3, -0.25) is 0 Å². The molecule has 0 aromatic heterocycles. The minimum atomic E-state index is -0.287. The van der Waals surface area contributed by atoms with Gasteiger partial charge in [-0.1, -0.05) is 26.7 Å². The lowest BCUT2D eigenvalue weighted by Crippen LogP contribution is -2.26. The lowest BCUT2D eigenvalue weighted by Gasteiger charge is -2.26. The van der Waals surface area contributed by atoms with Crippen molar-refractivity contribution in [3.05, 3.63) is 23.8 Å². The number of nitrogen functional groups attached to an aromatic ring is 1. The van der Waals surface area contributed by atoms with Crippen LogP contribution < -0.4 is 10.6 Å². The van der Waals surface area contributed by atoms with E-state index in [4.69, 9.17) is 10.5 Å². The van der Waals surface area contributed by atoms with E-state index >= 15 is 0 Å². The maximum absolute atomic E-state index is 11.9. The molecule has 118 valence electrons. The molecule has 1 rings (SSSR count). The van der Waals surface area contributed by atoms with Gasteiger partial charge in [0.25, 0.3) is 0 Å². The van der Waals surface area contributed by atoms with Crippen molar-refractivity contribution in [3.8, 4) is 0 Å². The summed E-state index contributed by atoms with van der Waals surface area (Å²) in [5, 5.41) is 0. The maximum atomic E-state index is 11.9. The molecule has 21 heavy (non-hydrogen) atoms. The van der Waals surface area contributed by atoms with Crippen LogP contribution in [0.5, 0.6) is 0 Å². The Balaban J connectivity index is 2.98. The zero-order valence-corrected chi connectivity index (χ0v) is 13.5. The molecule has 0 aliphatic heterocycles. The molecule has 0 aliphatic rings. The highest BCUT2D eigenvalue weighted by Crippen LogP contribution is 2.26. The molecule has 0 unspecified atom stereocenters. The second-order valence-electron chi connectivity index (χ2n) is 5.19. The number of hydrogen-bond donors (Lipinski definition) is 1. The van der Waals surface area contributed by atoms with E-state index in [2.05, 4.69) is 18.7 Å². The highest BCUT2D eigenvalue weighted by atomic mass is 16.5. The van der Waals surface area contributed by atoms with Gasteiger partial charge in [0, 0.05) is 13.1 Å². The molecule has 4 heteroatoms. The van der Waals surface area contributed by atoms with Crippen LogP contribution in [0.25, 0.3) is 0 Å². The normalized spacial score (nSPS) is 10.4. The molecule has 0 spiro atoms. The Hall–Kier alpha value is -1.71. The molecule has 0 atom stereocenters. The predicted octanol–water partition coefficient (Wildman–Crippen LogP) is 3.85. The first-order valence-corrected chi connectivity index (χ1v) is 7.95. The predicted molar refractivity (Wildman–Crippen MR) is 88.8 cm³/mol. The summed E-state index contributed by atoms with van der Waals surface area (Å²) in [7, 11) is 0. The Kier molecular flexibility index (Phi) is 7.65. The van der Waals surface area contributed by atoms with E-state index in [1.807, 2.05) is 13.0 Å². The van der Waals surface area contributed by atoms with Gasteiger partial charge in [0.2, 0.25) is 0 Å². The second-order valence-corrected chi connectivity index (χ2v) is 5.19. The minimum Gasteiger partial charge on any atom is -0.462 e. The summed E-state index contributed by atoms with van der Waals surface area (Å²) >= 11 is 0. The highest BCUT2D eigenvalue weighted by Gasteiger charge is 2.14. The summed E-state index contributed by atoms with van der Waals surface area (Å²) in [4.78, 5) is 14.2. The Bertz CT molecular complexity index is 438. The molecule has 0 heterocycles. The molecular formula is C17H28N2O2. The van der Waals surface area contributed by atoms with E-state index in [-0.39, 0.29) is 5.97 Å². The number of anilines is 2. The van der Waals surface area contributed by atoms with Crippen LogP contribution in [0.2, 0.25) is 0 Å². The fourth-order valence-corrected chi connectivity index (χ4v) is 2.21. The number of carbonyl (C=O) groups is 1. The van der Waals surface area contributed by atoms with Crippen LogP contribution >= 0.6 is 0 Å². The van der Waals surface area contributed by atoms with Crippen LogP contribution in [0.3, 0.4) is 0 Å². The Morgan fingerprint density at radius 3 is 2.29 bits per heavy atom. The van der Waals surface area contributed by atoms with Gasteiger partial charge < -0.3 is 15.4 Å². The van der Waals surface area contributed by atoms with E-state index in [1.54, 1.807) is 12.1 Å². The van der Waals surface area contributed by atoms with Gasteiger partial charge in [0.15, 0.2) is 0 Å². The first-order valence-electron chi connectivity index (χ1n) is 7.95. The van der Waals surface area contributed by atoms with Crippen molar-refractivity contribution in [1.29, 1.82) is 0 Å². The van der Waals surface area contributed by atoms with Crippen molar-refractivity contribution in [1.82, 2.24) is 0 Å². The number of nitrogens with zero attached hydrogens (tertiary/aromatic N) is 1. The van der Waals surface area contributed by atoms with Crippen LogP contribution in [0.4, 0.5) is 11.4 Å². The Morgan fingerprint density at radius 2 is 1.76 bits per heavy atom. The summed E-state index contributed by atoms with van der Waals surface area (Å²) in [6.07, 6.45) is 4.51. The molecule has 0 amide bonds. The van der Waals surface area contributed by atoms with Gasteiger partial charge in [-0.15, -0.1) is 0 Å². The second kappa shape index (κ2) is 9.27. The molecule has 1 aromatic carbocycles. The fraction of sp³-hybridized carbons (Fsp3) is 0.588. The fourth-order valence-electron chi connectivity index (χ4n) is 2.21. The molecule has 4 nitrogen and oxygen atoms in total. The van der Waals surface area contributed by atoms with Gasteiger partial charge in [0.1, 0.15) is 0 Å². The molecule has 0 radical (unpaired) electrons. The standard InChI is InChI=1S/C17H28N2O2/c1-4-7-11-19(12-8-5-2)16-13-14(9-10-15(16)18)17(20)21-6-3/h9-10,13H,4-8,11-12,18H2,1-3H3. The highest BCUT2D eigenvalue weighted by molar-refractivity contribution is 5.92. The number of esters is 1. The third kappa shape index (κ3) is 5.29. The van der Waals surface area contributed by atoms with Crippen molar-refractivity contribution in [3.63, 3.8) is 0 Å². The van der Waals surface area contributed by atoms with Gasteiger partial charge in [-0.2, -0.15) is 0 Å². The topological polar surface area (TPSA) is 55.6 Å². The van der Waals surface area contributed by atoms with E-state index in [1.165, 1.54) is 0 Å².